The number of nitrogens with one attached hydrogen (secondary N) is 1. The van der Waals surface area contributed by atoms with Crippen molar-refractivity contribution in [2.24, 2.45) is 0 Å². The first-order valence-electron chi connectivity index (χ1n) is 8.44. The lowest BCUT2D eigenvalue weighted by atomic mass is 10.0. The van der Waals surface area contributed by atoms with Crippen molar-refractivity contribution in [3.8, 4) is 0 Å². The number of nitrogens with zero attached hydrogens (tertiary/aromatic N) is 3. The van der Waals surface area contributed by atoms with E-state index in [1.807, 2.05) is 9.80 Å². The van der Waals surface area contributed by atoms with Crippen molar-refractivity contribution in [3.63, 3.8) is 0 Å². The number of hydrogen-bond acceptors (Lipinski definition) is 6. The summed E-state index contributed by atoms with van der Waals surface area (Å²) in [6, 6.07) is 0.300. The van der Waals surface area contributed by atoms with Crippen LogP contribution in [0.5, 0.6) is 0 Å². The summed E-state index contributed by atoms with van der Waals surface area (Å²) in [6.07, 6.45) is 1.52. The van der Waals surface area contributed by atoms with E-state index in [4.69, 9.17) is 9.84 Å². The number of ether oxygens (including phenoxy) is 1. The van der Waals surface area contributed by atoms with Crippen LogP contribution in [-0.4, -0.2) is 96.0 Å². The Balaban J connectivity index is 1.57. The molecule has 0 spiro atoms. The van der Waals surface area contributed by atoms with E-state index in [0.29, 0.717) is 13.1 Å². The van der Waals surface area contributed by atoms with Crippen molar-refractivity contribution in [2.75, 3.05) is 45.8 Å². The summed E-state index contributed by atoms with van der Waals surface area (Å²) in [6.45, 7) is 6.88. The van der Waals surface area contributed by atoms with Gasteiger partial charge in [0.2, 0.25) is 0 Å². The molecule has 23 heavy (non-hydrogen) atoms. The van der Waals surface area contributed by atoms with Crippen molar-refractivity contribution in [1.29, 1.82) is 0 Å². The summed E-state index contributed by atoms with van der Waals surface area (Å²) in [7, 11) is 0. The van der Waals surface area contributed by atoms with Gasteiger partial charge in [-0.2, -0.15) is 0 Å². The van der Waals surface area contributed by atoms with Gasteiger partial charge >= 0.3 is 12.1 Å². The van der Waals surface area contributed by atoms with Crippen LogP contribution in [0.25, 0.3) is 0 Å². The van der Waals surface area contributed by atoms with Crippen LogP contribution >= 0.6 is 0 Å². The summed E-state index contributed by atoms with van der Waals surface area (Å²) in [5.41, 5.74) is 0. The van der Waals surface area contributed by atoms with Gasteiger partial charge in [-0.05, 0) is 32.9 Å². The molecular weight excluding hydrogens is 300 g/mol. The molecule has 3 aliphatic heterocycles. The quantitative estimate of drug-likeness (QED) is 0.727. The number of hydrogen-bond donors (Lipinski definition) is 2. The van der Waals surface area contributed by atoms with Gasteiger partial charge in [0.1, 0.15) is 0 Å². The molecule has 0 radical (unpaired) electrons. The summed E-state index contributed by atoms with van der Waals surface area (Å²) in [4.78, 5) is 29.1. The predicted octanol–water partition coefficient (Wildman–Crippen LogP) is -0.393. The summed E-state index contributed by atoms with van der Waals surface area (Å²) < 4.78 is 5.65. The molecule has 0 aromatic rings. The highest BCUT2D eigenvalue weighted by molar-refractivity contribution is 5.71. The lowest BCUT2D eigenvalue weighted by Gasteiger charge is -2.38. The van der Waals surface area contributed by atoms with E-state index in [1.54, 1.807) is 0 Å². The molecule has 2 unspecified atom stereocenters. The van der Waals surface area contributed by atoms with Gasteiger partial charge in [0.25, 0.3) is 0 Å². The van der Waals surface area contributed by atoms with E-state index >= 15 is 0 Å². The fraction of sp³-hybridized carbons (Fsp3) is 0.867. The number of rotatable bonds is 4. The molecule has 0 aliphatic carbocycles. The Bertz CT molecular complexity index is 447. The number of carbonyl (C=O) groups excluding carboxylic acids is 1. The molecule has 1 amide bonds. The van der Waals surface area contributed by atoms with Crippen LogP contribution in [-0.2, 0) is 9.53 Å². The van der Waals surface area contributed by atoms with E-state index in [0.717, 1.165) is 39.0 Å². The van der Waals surface area contributed by atoms with Crippen molar-refractivity contribution < 1.29 is 19.4 Å². The third-order valence-corrected chi connectivity index (χ3v) is 5.11. The van der Waals surface area contributed by atoms with Crippen molar-refractivity contribution in [2.45, 2.75) is 38.1 Å². The second-order valence-electron chi connectivity index (χ2n) is 6.61. The smallest absolute Gasteiger partial charge is 0.412 e. The van der Waals surface area contributed by atoms with Gasteiger partial charge in [-0.15, -0.1) is 0 Å². The first-order valence-corrected chi connectivity index (χ1v) is 8.44. The number of aliphatic carboxylic acids is 1. The van der Waals surface area contributed by atoms with Crippen LogP contribution in [0.2, 0.25) is 0 Å². The normalized spacial score (nSPS) is 31.3. The Hall–Kier alpha value is -1.38. The first kappa shape index (κ1) is 16.5. The Morgan fingerprint density at radius 2 is 1.91 bits per heavy atom. The SMILES string of the molecule is CC1C(N2CCN(CC(=O)O)CC2)OC(=O)N1C1CCNCC1. The highest BCUT2D eigenvalue weighted by Gasteiger charge is 2.45. The molecule has 3 heterocycles. The van der Waals surface area contributed by atoms with Crippen LogP contribution in [0.3, 0.4) is 0 Å². The maximum Gasteiger partial charge on any atom is 0.412 e. The third-order valence-electron chi connectivity index (χ3n) is 5.11. The van der Waals surface area contributed by atoms with E-state index in [9.17, 15) is 9.59 Å². The second kappa shape index (κ2) is 7.02. The van der Waals surface area contributed by atoms with Gasteiger partial charge in [0, 0.05) is 32.2 Å². The van der Waals surface area contributed by atoms with E-state index in [-0.39, 0.29) is 30.9 Å². The second-order valence-corrected chi connectivity index (χ2v) is 6.61. The summed E-state index contributed by atoms with van der Waals surface area (Å²) in [5.74, 6) is -0.795. The van der Waals surface area contributed by atoms with Gasteiger partial charge in [-0.3, -0.25) is 19.5 Å². The molecule has 130 valence electrons. The van der Waals surface area contributed by atoms with Crippen LogP contribution in [0, 0.1) is 0 Å². The Labute approximate surface area is 136 Å². The number of carboxylic acids is 1. The molecule has 3 rings (SSSR count). The van der Waals surface area contributed by atoms with Gasteiger partial charge in [-0.25, -0.2) is 4.79 Å². The zero-order valence-corrected chi connectivity index (χ0v) is 13.6. The fourth-order valence-corrected chi connectivity index (χ4v) is 3.88. The summed E-state index contributed by atoms with van der Waals surface area (Å²) >= 11 is 0. The first-order chi connectivity index (χ1) is 11.1. The average molecular weight is 326 g/mol. The number of amides is 1. The number of piperazine rings is 1. The maximum absolute atomic E-state index is 12.3. The molecule has 3 fully saturated rings. The average Bonchev–Trinajstić information content (AvgIpc) is 2.83. The van der Waals surface area contributed by atoms with Crippen molar-refractivity contribution in [1.82, 2.24) is 20.0 Å². The largest absolute Gasteiger partial charge is 0.480 e. The molecule has 8 heteroatoms. The lowest BCUT2D eigenvalue weighted by Crippen LogP contribution is -2.55. The van der Waals surface area contributed by atoms with Gasteiger partial charge < -0.3 is 15.2 Å². The minimum atomic E-state index is -0.795. The number of piperidine rings is 1. The van der Waals surface area contributed by atoms with Gasteiger partial charge in [0.05, 0.1) is 12.6 Å². The minimum Gasteiger partial charge on any atom is -0.480 e. The van der Waals surface area contributed by atoms with Crippen LogP contribution < -0.4 is 5.32 Å². The van der Waals surface area contributed by atoms with E-state index < -0.39 is 5.97 Å². The molecule has 0 bridgehead atoms. The molecular formula is C15H26N4O4. The zero-order chi connectivity index (χ0) is 16.4. The zero-order valence-electron chi connectivity index (χ0n) is 13.6. The highest BCUT2D eigenvalue weighted by Crippen LogP contribution is 2.28. The monoisotopic (exact) mass is 326 g/mol. The van der Waals surface area contributed by atoms with Crippen LogP contribution in [0.1, 0.15) is 19.8 Å². The summed E-state index contributed by atoms with van der Waals surface area (Å²) in [5, 5.41) is 12.2. The van der Waals surface area contributed by atoms with Gasteiger partial charge in [0.15, 0.2) is 6.23 Å². The Morgan fingerprint density at radius 3 is 2.52 bits per heavy atom. The molecule has 8 nitrogen and oxygen atoms in total. The van der Waals surface area contributed by atoms with Crippen LogP contribution in [0.15, 0.2) is 0 Å². The number of cyclic esters (lactones) is 1. The fourth-order valence-electron chi connectivity index (χ4n) is 3.88. The van der Waals surface area contributed by atoms with Gasteiger partial charge in [-0.1, -0.05) is 0 Å². The number of carboxylic acid groups (broad SMARTS) is 1. The lowest BCUT2D eigenvalue weighted by molar-refractivity contribution is -0.139. The molecule has 3 aliphatic rings. The predicted molar refractivity (Wildman–Crippen MR) is 83.1 cm³/mol. The molecule has 0 aromatic carbocycles. The molecule has 0 aromatic heterocycles. The topological polar surface area (TPSA) is 85.4 Å². The Kier molecular flexibility index (Phi) is 5.03. The molecule has 0 saturated carbocycles. The van der Waals surface area contributed by atoms with Crippen molar-refractivity contribution in [3.05, 3.63) is 0 Å². The Morgan fingerprint density at radius 1 is 1.26 bits per heavy atom. The number of carbonyl (C=O) groups is 2. The third kappa shape index (κ3) is 3.59. The maximum atomic E-state index is 12.3. The van der Waals surface area contributed by atoms with Crippen LogP contribution in [0.4, 0.5) is 4.79 Å². The van der Waals surface area contributed by atoms with E-state index in [1.165, 1.54) is 0 Å². The highest BCUT2D eigenvalue weighted by atomic mass is 16.6. The van der Waals surface area contributed by atoms with Crippen molar-refractivity contribution >= 4 is 12.1 Å². The molecule has 3 saturated heterocycles. The van der Waals surface area contributed by atoms with E-state index in [2.05, 4.69) is 17.1 Å². The molecule has 2 atom stereocenters. The molecule has 2 N–H and O–H groups in total. The minimum absolute atomic E-state index is 0.0385. The standard InChI is InChI=1S/C15H26N4O4/c1-11-14(18-8-6-17(7-9-18)10-13(20)21)23-15(22)19(11)12-2-4-16-5-3-12/h11-12,14,16H,2-10H2,1H3,(H,20,21).